The Morgan fingerprint density at radius 1 is 1.67 bits per heavy atom. The van der Waals surface area contributed by atoms with Crippen LogP contribution in [0.5, 0.6) is 0 Å². The molecule has 0 spiro atoms. The third kappa shape index (κ3) is 7.76. The lowest BCUT2D eigenvalue weighted by Gasteiger charge is -1.88. The van der Waals surface area contributed by atoms with Crippen LogP contribution in [0.2, 0.25) is 0 Å². The highest BCUT2D eigenvalue weighted by Gasteiger charge is 1.90. The fourth-order valence-electron chi connectivity index (χ4n) is 0.538. The summed E-state index contributed by atoms with van der Waals surface area (Å²) in [6.07, 6.45) is 6.54. The van der Waals surface area contributed by atoms with Crippen molar-refractivity contribution >= 4 is 17.7 Å². The first-order chi connectivity index (χ1) is 4.27. The van der Waals surface area contributed by atoms with Gasteiger partial charge in [-0.2, -0.15) is 0 Å². The molecular weight excluding hydrogens is 132 g/mol. The van der Waals surface area contributed by atoms with Crippen LogP contribution in [0, 0.1) is 0 Å². The third-order valence-electron chi connectivity index (χ3n) is 0.997. The second kappa shape index (κ2) is 5.89. The van der Waals surface area contributed by atoms with E-state index in [0.717, 1.165) is 12.8 Å². The molecule has 0 bridgehead atoms. The second-order valence-corrected chi connectivity index (χ2v) is 2.35. The molecule has 0 N–H and O–H groups in total. The quantitative estimate of drug-likeness (QED) is 0.363. The van der Waals surface area contributed by atoms with E-state index >= 15 is 0 Å². The summed E-state index contributed by atoms with van der Waals surface area (Å²) in [5, 5.41) is -0.0143. The fraction of sp³-hybridized carbons (Fsp3) is 0.571. The SMILES string of the molecule is CC=CCCCC(=O)S. The number of rotatable bonds is 4. The summed E-state index contributed by atoms with van der Waals surface area (Å²) in [5.41, 5.74) is 0. The molecule has 0 amide bonds. The van der Waals surface area contributed by atoms with Crippen LogP contribution in [0.15, 0.2) is 12.2 Å². The Kier molecular flexibility index (Phi) is 5.73. The molecule has 0 saturated heterocycles. The molecule has 0 aromatic rings. The van der Waals surface area contributed by atoms with E-state index in [1.54, 1.807) is 0 Å². The Labute approximate surface area is 61.6 Å². The first-order valence-electron chi connectivity index (χ1n) is 3.10. The molecule has 0 aromatic carbocycles. The standard InChI is InChI=1S/C7H12OS/c1-2-3-4-5-6-7(8)9/h2-3H,4-6H2,1H3,(H,8,9). The van der Waals surface area contributed by atoms with Gasteiger partial charge in [0.25, 0.3) is 0 Å². The molecule has 0 saturated carbocycles. The highest BCUT2D eigenvalue weighted by Crippen LogP contribution is 1.98. The summed E-state index contributed by atoms with van der Waals surface area (Å²) in [5.74, 6) is 0. The fourth-order valence-corrected chi connectivity index (χ4v) is 0.696. The lowest BCUT2D eigenvalue weighted by Crippen LogP contribution is -1.83. The van der Waals surface area contributed by atoms with Gasteiger partial charge in [0.05, 0.1) is 0 Å². The summed E-state index contributed by atoms with van der Waals surface area (Å²) < 4.78 is 0. The van der Waals surface area contributed by atoms with E-state index in [1.165, 1.54) is 0 Å². The van der Waals surface area contributed by atoms with E-state index in [9.17, 15) is 4.79 Å². The van der Waals surface area contributed by atoms with Gasteiger partial charge < -0.3 is 0 Å². The normalized spacial score (nSPS) is 10.4. The Balaban J connectivity index is 3.01. The van der Waals surface area contributed by atoms with Crippen molar-refractivity contribution in [2.75, 3.05) is 0 Å². The van der Waals surface area contributed by atoms with Crippen LogP contribution < -0.4 is 0 Å². The summed E-state index contributed by atoms with van der Waals surface area (Å²) in [7, 11) is 0. The van der Waals surface area contributed by atoms with Crippen LogP contribution >= 0.6 is 12.6 Å². The first-order valence-corrected chi connectivity index (χ1v) is 3.55. The molecule has 0 radical (unpaired) electrons. The van der Waals surface area contributed by atoms with Gasteiger partial charge in [-0.15, -0.1) is 12.6 Å². The van der Waals surface area contributed by atoms with Gasteiger partial charge in [0.2, 0.25) is 0 Å². The second-order valence-electron chi connectivity index (χ2n) is 1.86. The number of unbranched alkanes of at least 4 members (excludes halogenated alkanes) is 1. The molecule has 0 aromatic heterocycles. The van der Waals surface area contributed by atoms with E-state index < -0.39 is 0 Å². The maximum Gasteiger partial charge on any atom is 0.185 e. The molecule has 2 heteroatoms. The topological polar surface area (TPSA) is 17.1 Å². The van der Waals surface area contributed by atoms with E-state index in [-0.39, 0.29) is 5.12 Å². The van der Waals surface area contributed by atoms with Gasteiger partial charge in [-0.1, -0.05) is 12.2 Å². The molecule has 1 nitrogen and oxygen atoms in total. The van der Waals surface area contributed by atoms with Crippen LogP contribution in [0.1, 0.15) is 26.2 Å². The number of carbonyl (C=O) groups excluding carboxylic acids is 1. The van der Waals surface area contributed by atoms with E-state index in [0.29, 0.717) is 6.42 Å². The van der Waals surface area contributed by atoms with Crippen molar-refractivity contribution in [3.8, 4) is 0 Å². The average Bonchev–Trinajstić information content (AvgIpc) is 1.80. The third-order valence-corrected chi connectivity index (χ3v) is 1.22. The van der Waals surface area contributed by atoms with Gasteiger partial charge in [0.1, 0.15) is 0 Å². The van der Waals surface area contributed by atoms with Gasteiger partial charge in [0.15, 0.2) is 5.12 Å². The zero-order chi connectivity index (χ0) is 7.11. The van der Waals surface area contributed by atoms with Gasteiger partial charge in [0, 0.05) is 6.42 Å². The van der Waals surface area contributed by atoms with E-state index in [1.807, 2.05) is 13.0 Å². The molecule has 0 rings (SSSR count). The van der Waals surface area contributed by atoms with Gasteiger partial charge in [-0.25, -0.2) is 0 Å². The number of hydrogen-bond donors (Lipinski definition) is 1. The first kappa shape index (κ1) is 8.76. The Morgan fingerprint density at radius 3 is 2.78 bits per heavy atom. The van der Waals surface area contributed by atoms with Crippen molar-refractivity contribution in [2.45, 2.75) is 26.2 Å². The van der Waals surface area contributed by atoms with Crippen LogP contribution in [0.4, 0.5) is 0 Å². The van der Waals surface area contributed by atoms with Gasteiger partial charge in [-0.3, -0.25) is 4.79 Å². The summed E-state index contributed by atoms with van der Waals surface area (Å²) >= 11 is 3.64. The van der Waals surface area contributed by atoms with Gasteiger partial charge in [-0.05, 0) is 19.8 Å². The molecule has 52 valence electrons. The zero-order valence-electron chi connectivity index (χ0n) is 5.63. The highest BCUT2D eigenvalue weighted by atomic mass is 32.1. The van der Waals surface area contributed by atoms with E-state index in [2.05, 4.69) is 18.7 Å². The molecule has 0 aliphatic heterocycles. The monoisotopic (exact) mass is 144 g/mol. The molecule has 0 heterocycles. The Hall–Kier alpha value is -0.240. The number of carbonyl (C=O) groups is 1. The number of hydrogen-bond acceptors (Lipinski definition) is 1. The Bertz CT molecular complexity index is 107. The number of allylic oxidation sites excluding steroid dienone is 2. The summed E-state index contributed by atoms with van der Waals surface area (Å²) in [6.45, 7) is 1.97. The molecule has 9 heavy (non-hydrogen) atoms. The van der Waals surface area contributed by atoms with Crippen LogP contribution in [-0.2, 0) is 4.79 Å². The Morgan fingerprint density at radius 2 is 2.33 bits per heavy atom. The maximum absolute atomic E-state index is 10.2. The van der Waals surface area contributed by atoms with Crippen molar-refractivity contribution in [1.29, 1.82) is 0 Å². The summed E-state index contributed by atoms with van der Waals surface area (Å²) in [4.78, 5) is 10.2. The van der Waals surface area contributed by atoms with Crippen LogP contribution in [0.25, 0.3) is 0 Å². The minimum atomic E-state index is -0.0143. The average molecular weight is 144 g/mol. The van der Waals surface area contributed by atoms with Gasteiger partial charge >= 0.3 is 0 Å². The van der Waals surface area contributed by atoms with Crippen LogP contribution in [-0.4, -0.2) is 5.12 Å². The van der Waals surface area contributed by atoms with Crippen molar-refractivity contribution in [3.05, 3.63) is 12.2 Å². The minimum absolute atomic E-state index is 0.0143. The largest absolute Gasteiger partial charge is 0.288 e. The van der Waals surface area contributed by atoms with Crippen molar-refractivity contribution in [3.63, 3.8) is 0 Å². The zero-order valence-corrected chi connectivity index (χ0v) is 6.53. The molecule has 0 atom stereocenters. The highest BCUT2D eigenvalue weighted by molar-refractivity contribution is 7.96. The molecule has 0 fully saturated rings. The molecule has 0 aliphatic carbocycles. The van der Waals surface area contributed by atoms with Crippen molar-refractivity contribution in [2.24, 2.45) is 0 Å². The maximum atomic E-state index is 10.2. The predicted octanol–water partition coefficient (Wildman–Crippen LogP) is 2.19. The minimum Gasteiger partial charge on any atom is -0.288 e. The number of thiol groups is 1. The van der Waals surface area contributed by atoms with E-state index in [4.69, 9.17) is 0 Å². The van der Waals surface area contributed by atoms with Crippen LogP contribution in [0.3, 0.4) is 0 Å². The lowest BCUT2D eigenvalue weighted by molar-refractivity contribution is -0.110. The lowest BCUT2D eigenvalue weighted by atomic mass is 10.2. The van der Waals surface area contributed by atoms with Crippen molar-refractivity contribution < 1.29 is 4.79 Å². The summed E-state index contributed by atoms with van der Waals surface area (Å²) in [6, 6.07) is 0. The smallest absolute Gasteiger partial charge is 0.185 e. The molecule has 0 aliphatic rings. The van der Waals surface area contributed by atoms with Crippen molar-refractivity contribution in [1.82, 2.24) is 0 Å². The predicted molar refractivity (Wildman–Crippen MR) is 42.7 cm³/mol. The molecule has 0 unspecified atom stereocenters. The molecular formula is C7H12OS.